The summed E-state index contributed by atoms with van der Waals surface area (Å²) in [4.78, 5) is 45.8. The molecule has 0 radical (unpaired) electrons. The topological polar surface area (TPSA) is 126 Å². The van der Waals surface area contributed by atoms with Crippen molar-refractivity contribution in [3.05, 3.63) is 0 Å². The fourth-order valence-corrected chi connectivity index (χ4v) is 2.50. The van der Waals surface area contributed by atoms with E-state index in [1.54, 1.807) is 7.05 Å². The van der Waals surface area contributed by atoms with Crippen molar-refractivity contribution in [2.24, 2.45) is 0 Å². The van der Waals surface area contributed by atoms with E-state index in [2.05, 4.69) is 24.3 Å². The molecule has 0 aromatic carbocycles. The first-order valence-electron chi connectivity index (χ1n) is 8.72. The molecule has 0 rings (SSSR count). The highest BCUT2D eigenvalue weighted by Gasteiger charge is 2.22. The number of urea groups is 1. The summed E-state index contributed by atoms with van der Waals surface area (Å²) in [6.07, 6.45) is 5.57. The number of hydrogen-bond acceptors (Lipinski definition) is 5. The molecule has 1 unspecified atom stereocenters. The highest BCUT2D eigenvalue weighted by molar-refractivity contribution is 14.1. The third-order valence-corrected chi connectivity index (χ3v) is 4.17. The Balaban J connectivity index is 3.81. The van der Waals surface area contributed by atoms with Crippen LogP contribution in [0.5, 0.6) is 0 Å². The second-order valence-corrected chi connectivity index (χ2v) is 6.19. The molecule has 0 aromatic heterocycles. The highest BCUT2D eigenvalue weighted by Crippen LogP contribution is 2.06. The molecule has 0 spiro atoms. The molecule has 0 aliphatic heterocycles. The zero-order valence-electron chi connectivity index (χ0n) is 15.4. The Morgan fingerprint density at radius 2 is 1.54 bits per heavy atom. The lowest BCUT2D eigenvalue weighted by Gasteiger charge is -2.15. The van der Waals surface area contributed by atoms with Gasteiger partial charge in [-0.1, -0.05) is 19.3 Å². The van der Waals surface area contributed by atoms with Gasteiger partial charge >= 0.3 is 12.0 Å². The minimum atomic E-state index is -0.863. The Hall–Kier alpha value is -1.59. The van der Waals surface area contributed by atoms with E-state index in [0.717, 1.165) is 32.1 Å². The van der Waals surface area contributed by atoms with Crippen LogP contribution in [0.4, 0.5) is 4.79 Å². The van der Waals surface area contributed by atoms with Crippen molar-refractivity contribution in [3.63, 3.8) is 0 Å². The Kier molecular flexibility index (Phi) is 14.7. The lowest BCUT2D eigenvalue weighted by atomic mass is 10.1. The van der Waals surface area contributed by atoms with Crippen LogP contribution in [0.2, 0.25) is 0 Å². The molecule has 0 saturated heterocycles. The average molecular weight is 484 g/mol. The first-order chi connectivity index (χ1) is 12.4. The summed E-state index contributed by atoms with van der Waals surface area (Å²) >= 11 is 1.45. The summed E-state index contributed by atoms with van der Waals surface area (Å²) in [5, 5.41) is 10.2. The molecule has 26 heavy (non-hydrogen) atoms. The van der Waals surface area contributed by atoms with Crippen LogP contribution >= 0.6 is 23.0 Å². The summed E-state index contributed by atoms with van der Waals surface area (Å²) in [5.41, 5.74) is 0. The molecule has 0 heterocycles. The third-order valence-electron chi connectivity index (χ3n) is 3.73. The summed E-state index contributed by atoms with van der Waals surface area (Å²) < 4.78 is 4.59. The molecule has 0 aromatic rings. The van der Waals surface area contributed by atoms with Crippen molar-refractivity contribution >= 4 is 46.8 Å². The van der Waals surface area contributed by atoms with Gasteiger partial charge in [0.05, 0.1) is 0 Å². The number of halogens is 1. The van der Waals surface area contributed by atoms with Crippen molar-refractivity contribution in [1.29, 1.82) is 0 Å². The fourth-order valence-electron chi connectivity index (χ4n) is 2.19. The van der Waals surface area contributed by atoms with Crippen LogP contribution in [0.15, 0.2) is 0 Å². The van der Waals surface area contributed by atoms with Crippen molar-refractivity contribution in [3.8, 4) is 0 Å². The quantitative estimate of drug-likeness (QED) is 0.231. The molecule has 0 fully saturated rings. The maximum absolute atomic E-state index is 11.8. The lowest BCUT2D eigenvalue weighted by Crippen LogP contribution is -2.45. The minimum absolute atomic E-state index is 0.0629. The number of rotatable bonds is 13. The van der Waals surface area contributed by atoms with E-state index in [0.29, 0.717) is 13.0 Å². The SMILES string of the molecule is CNC(=O)CCCCCCCNC(=O)CCC(NC(=O)NC)C(=O)OI. The maximum Gasteiger partial charge on any atom is 0.338 e. The van der Waals surface area contributed by atoms with E-state index in [1.165, 1.54) is 30.1 Å². The molecule has 4 amide bonds. The number of amides is 4. The Morgan fingerprint density at radius 3 is 2.15 bits per heavy atom. The van der Waals surface area contributed by atoms with Crippen molar-refractivity contribution in [2.75, 3.05) is 20.6 Å². The molecule has 9 nitrogen and oxygen atoms in total. The second kappa shape index (κ2) is 15.6. The van der Waals surface area contributed by atoms with Crippen LogP contribution in [0, 0.1) is 0 Å². The van der Waals surface area contributed by atoms with E-state index < -0.39 is 18.0 Å². The predicted octanol–water partition coefficient (Wildman–Crippen LogP) is 1.16. The molecule has 1 atom stereocenters. The van der Waals surface area contributed by atoms with Gasteiger partial charge in [-0.05, 0) is 19.3 Å². The molecule has 0 saturated carbocycles. The van der Waals surface area contributed by atoms with Crippen LogP contribution in [0.1, 0.15) is 51.4 Å². The van der Waals surface area contributed by atoms with E-state index in [1.807, 2.05) is 0 Å². The van der Waals surface area contributed by atoms with Crippen LogP contribution in [0.3, 0.4) is 0 Å². The van der Waals surface area contributed by atoms with E-state index in [-0.39, 0.29) is 24.7 Å². The highest BCUT2D eigenvalue weighted by atomic mass is 127. The molecular weight excluding hydrogens is 455 g/mol. The monoisotopic (exact) mass is 484 g/mol. The molecule has 0 aliphatic carbocycles. The van der Waals surface area contributed by atoms with Gasteiger partial charge in [0.25, 0.3) is 0 Å². The van der Waals surface area contributed by atoms with Crippen molar-refractivity contribution in [1.82, 2.24) is 21.3 Å². The molecule has 150 valence electrons. The number of carbonyl (C=O) groups excluding carboxylic acids is 4. The summed E-state index contributed by atoms with van der Waals surface area (Å²) in [6.45, 7) is 0.568. The van der Waals surface area contributed by atoms with Gasteiger partial charge in [-0.2, -0.15) is 0 Å². The van der Waals surface area contributed by atoms with Gasteiger partial charge in [-0.15, -0.1) is 0 Å². The molecule has 10 heteroatoms. The second-order valence-electron chi connectivity index (χ2n) is 5.75. The largest absolute Gasteiger partial charge is 0.393 e. The normalized spacial score (nSPS) is 11.2. The average Bonchev–Trinajstić information content (AvgIpc) is 2.65. The maximum atomic E-state index is 11.8. The summed E-state index contributed by atoms with van der Waals surface area (Å²) in [6, 6.07) is -1.37. The lowest BCUT2D eigenvalue weighted by molar-refractivity contribution is -0.133. The Bertz CT molecular complexity index is 462. The number of unbranched alkanes of at least 4 members (excludes halogenated alkanes) is 4. The first-order valence-corrected chi connectivity index (χ1v) is 9.60. The van der Waals surface area contributed by atoms with E-state index >= 15 is 0 Å². The van der Waals surface area contributed by atoms with Gasteiger partial charge in [0.2, 0.25) is 11.8 Å². The standard InChI is InChI=1S/C16H29IN4O5/c1-18-13(22)8-6-4-3-5-7-11-20-14(23)10-9-12(15(24)26-17)21-16(25)19-2/h12H,3-11H2,1-2H3,(H,18,22)(H,20,23)(H2,19,21,25). The van der Waals surface area contributed by atoms with Crippen LogP contribution < -0.4 is 21.3 Å². The van der Waals surface area contributed by atoms with Crippen molar-refractivity contribution < 1.29 is 22.2 Å². The van der Waals surface area contributed by atoms with Crippen molar-refractivity contribution in [2.45, 2.75) is 57.4 Å². The fraction of sp³-hybridized carbons (Fsp3) is 0.750. The number of hydrogen-bond donors (Lipinski definition) is 4. The van der Waals surface area contributed by atoms with Gasteiger partial charge in [-0.25, -0.2) is 9.59 Å². The van der Waals surface area contributed by atoms with Gasteiger partial charge in [0, 0.05) is 33.5 Å². The van der Waals surface area contributed by atoms with Crippen LogP contribution in [-0.2, 0) is 17.4 Å². The molecule has 4 N–H and O–H groups in total. The molecule has 0 aliphatic rings. The van der Waals surface area contributed by atoms with E-state index in [4.69, 9.17) is 0 Å². The summed E-state index contributed by atoms with van der Waals surface area (Å²) in [7, 11) is 3.07. The third kappa shape index (κ3) is 12.7. The zero-order chi connectivity index (χ0) is 19.8. The van der Waals surface area contributed by atoms with Gasteiger partial charge in [-0.3, -0.25) is 9.59 Å². The van der Waals surface area contributed by atoms with Gasteiger partial charge in [0.1, 0.15) is 6.04 Å². The van der Waals surface area contributed by atoms with Gasteiger partial charge in [0.15, 0.2) is 23.0 Å². The zero-order valence-corrected chi connectivity index (χ0v) is 17.5. The van der Waals surface area contributed by atoms with Gasteiger partial charge < -0.3 is 24.3 Å². The number of nitrogens with one attached hydrogen (secondary N) is 4. The summed E-state index contributed by atoms with van der Waals surface area (Å²) in [5.74, 6) is -0.707. The Morgan fingerprint density at radius 1 is 0.885 bits per heavy atom. The Labute approximate surface area is 168 Å². The van der Waals surface area contributed by atoms with Crippen LogP contribution in [0.25, 0.3) is 0 Å². The number of carbonyl (C=O) groups is 4. The predicted molar refractivity (Wildman–Crippen MR) is 106 cm³/mol. The first kappa shape index (κ1) is 24.4. The minimum Gasteiger partial charge on any atom is -0.393 e. The molecule has 0 bridgehead atoms. The van der Waals surface area contributed by atoms with Crippen LogP contribution in [-0.4, -0.2) is 50.5 Å². The smallest absolute Gasteiger partial charge is 0.338 e. The molecular formula is C16H29IN4O5. The van der Waals surface area contributed by atoms with E-state index in [9.17, 15) is 19.2 Å².